The smallest absolute Gasteiger partial charge is 0.261 e. The first-order valence-electron chi connectivity index (χ1n) is 10.1. The summed E-state index contributed by atoms with van der Waals surface area (Å²) in [5, 5.41) is 6.45. The van der Waals surface area contributed by atoms with Gasteiger partial charge < -0.3 is 10.6 Å². The number of aromatic nitrogens is 2. The van der Waals surface area contributed by atoms with Crippen LogP contribution in [0.25, 0.3) is 0 Å². The van der Waals surface area contributed by atoms with Crippen molar-refractivity contribution in [2.24, 2.45) is 0 Å². The molecule has 0 amide bonds. The fraction of sp³-hybridized carbons (Fsp3) is 0.0833. The Bertz CT molecular complexity index is 1360. The molecule has 33 heavy (non-hydrogen) atoms. The van der Waals surface area contributed by atoms with Crippen LogP contribution in [-0.4, -0.2) is 18.4 Å². The highest BCUT2D eigenvalue weighted by Gasteiger charge is 2.14. The number of aryl methyl sites for hydroxylation is 2. The van der Waals surface area contributed by atoms with Gasteiger partial charge in [0, 0.05) is 32.4 Å². The normalized spacial score (nSPS) is 11.1. The van der Waals surface area contributed by atoms with Crippen LogP contribution < -0.4 is 15.4 Å². The Morgan fingerprint density at radius 2 is 1.30 bits per heavy atom. The molecule has 4 aromatic rings. The fourth-order valence-electron chi connectivity index (χ4n) is 3.05. The third kappa shape index (κ3) is 6.20. The second-order valence-corrected chi connectivity index (χ2v) is 10.4. The van der Waals surface area contributed by atoms with Crippen molar-refractivity contribution in [2.75, 3.05) is 15.4 Å². The second-order valence-electron chi connectivity index (χ2n) is 7.47. The summed E-state index contributed by atoms with van der Waals surface area (Å²) in [4.78, 5) is 9.18. The number of nitrogens with zero attached hydrogens (tertiary/aromatic N) is 2. The lowest BCUT2D eigenvalue weighted by Crippen LogP contribution is -2.12. The number of halogens is 1. The van der Waals surface area contributed by atoms with Crippen LogP contribution in [0.3, 0.4) is 0 Å². The van der Waals surface area contributed by atoms with Crippen LogP contribution in [-0.2, 0) is 10.0 Å². The average Bonchev–Trinajstić information content (AvgIpc) is 2.76. The zero-order chi connectivity index (χ0) is 23.4. The van der Waals surface area contributed by atoms with Crippen molar-refractivity contribution in [3.05, 3.63) is 93.7 Å². The zero-order valence-corrected chi connectivity index (χ0v) is 21.0. The SMILES string of the molecule is Cc1ccc(Nc2cc(C)nc(Nc3ccc(NS(=O)(=O)c4ccc(I)cc4)cc3)n2)cc1. The minimum atomic E-state index is -3.65. The van der Waals surface area contributed by atoms with Crippen LogP contribution in [0.1, 0.15) is 11.3 Å². The number of hydrogen-bond donors (Lipinski definition) is 3. The summed E-state index contributed by atoms with van der Waals surface area (Å²) < 4.78 is 28.7. The van der Waals surface area contributed by atoms with Gasteiger partial charge in [-0.1, -0.05) is 17.7 Å². The van der Waals surface area contributed by atoms with Crippen molar-refractivity contribution in [1.82, 2.24) is 9.97 Å². The summed E-state index contributed by atoms with van der Waals surface area (Å²) in [5.41, 5.74) is 4.13. The zero-order valence-electron chi connectivity index (χ0n) is 18.0. The molecular formula is C24H22IN5O2S. The minimum Gasteiger partial charge on any atom is -0.340 e. The van der Waals surface area contributed by atoms with Crippen LogP contribution in [0.15, 0.2) is 83.8 Å². The third-order valence-electron chi connectivity index (χ3n) is 4.70. The van der Waals surface area contributed by atoms with Gasteiger partial charge in [0.1, 0.15) is 5.82 Å². The second kappa shape index (κ2) is 9.75. The molecule has 0 radical (unpaired) electrons. The Labute approximate surface area is 206 Å². The van der Waals surface area contributed by atoms with E-state index in [9.17, 15) is 8.42 Å². The van der Waals surface area contributed by atoms with Crippen molar-refractivity contribution in [2.45, 2.75) is 18.7 Å². The van der Waals surface area contributed by atoms with E-state index in [0.29, 0.717) is 17.5 Å². The first-order valence-corrected chi connectivity index (χ1v) is 12.7. The standard InChI is InChI=1S/C24H22IN5O2S/c1-16-3-7-19(8-4-16)27-23-15-17(2)26-24(29-23)28-20-9-11-21(12-10-20)30-33(31,32)22-13-5-18(25)6-14-22/h3-15,30H,1-2H3,(H2,26,27,28,29). The van der Waals surface area contributed by atoms with Gasteiger partial charge in [-0.3, -0.25) is 4.72 Å². The van der Waals surface area contributed by atoms with Crippen molar-refractivity contribution in [1.29, 1.82) is 0 Å². The molecule has 0 unspecified atom stereocenters. The lowest BCUT2D eigenvalue weighted by Gasteiger charge is -2.11. The molecule has 9 heteroatoms. The predicted octanol–water partition coefficient (Wildman–Crippen LogP) is 5.99. The van der Waals surface area contributed by atoms with E-state index in [2.05, 4.69) is 47.9 Å². The molecule has 4 rings (SSSR count). The van der Waals surface area contributed by atoms with Gasteiger partial charge in [-0.25, -0.2) is 13.4 Å². The van der Waals surface area contributed by atoms with Crippen LogP contribution in [0.5, 0.6) is 0 Å². The van der Waals surface area contributed by atoms with Gasteiger partial charge in [0.25, 0.3) is 10.0 Å². The van der Waals surface area contributed by atoms with Crippen LogP contribution >= 0.6 is 22.6 Å². The molecular weight excluding hydrogens is 549 g/mol. The Morgan fingerprint density at radius 1 is 0.727 bits per heavy atom. The van der Waals surface area contributed by atoms with Crippen LogP contribution in [0.2, 0.25) is 0 Å². The lowest BCUT2D eigenvalue weighted by molar-refractivity contribution is 0.601. The Hall–Kier alpha value is -3.18. The number of hydrogen-bond acceptors (Lipinski definition) is 6. The van der Waals surface area contributed by atoms with E-state index in [-0.39, 0.29) is 4.90 Å². The van der Waals surface area contributed by atoms with E-state index in [1.807, 2.05) is 44.2 Å². The van der Waals surface area contributed by atoms with Crippen molar-refractivity contribution >= 4 is 61.4 Å². The van der Waals surface area contributed by atoms with Gasteiger partial charge in [0.15, 0.2) is 0 Å². The summed E-state index contributed by atoms with van der Waals surface area (Å²) in [7, 11) is -3.65. The molecule has 168 valence electrons. The van der Waals surface area contributed by atoms with Crippen molar-refractivity contribution in [3.63, 3.8) is 0 Å². The van der Waals surface area contributed by atoms with E-state index < -0.39 is 10.0 Å². The topological polar surface area (TPSA) is 96.0 Å². The highest BCUT2D eigenvalue weighted by atomic mass is 127. The summed E-state index contributed by atoms with van der Waals surface area (Å²) in [6, 6.07) is 23.5. The molecule has 0 bridgehead atoms. The highest BCUT2D eigenvalue weighted by Crippen LogP contribution is 2.22. The molecule has 0 aliphatic rings. The molecule has 1 heterocycles. The predicted molar refractivity (Wildman–Crippen MR) is 141 cm³/mol. The number of nitrogens with one attached hydrogen (secondary N) is 3. The molecule has 3 N–H and O–H groups in total. The van der Waals surface area contributed by atoms with Crippen molar-refractivity contribution < 1.29 is 8.42 Å². The van der Waals surface area contributed by atoms with E-state index in [1.165, 1.54) is 5.56 Å². The van der Waals surface area contributed by atoms with Gasteiger partial charge in [-0.2, -0.15) is 4.98 Å². The Morgan fingerprint density at radius 3 is 1.97 bits per heavy atom. The average molecular weight is 571 g/mol. The molecule has 0 fully saturated rings. The fourth-order valence-corrected chi connectivity index (χ4v) is 4.47. The van der Waals surface area contributed by atoms with E-state index in [0.717, 1.165) is 20.6 Å². The number of rotatable bonds is 7. The Kier molecular flexibility index (Phi) is 6.80. The number of benzene rings is 3. The molecule has 0 aliphatic heterocycles. The summed E-state index contributed by atoms with van der Waals surface area (Å²) in [5.74, 6) is 1.12. The molecule has 0 saturated carbocycles. The maximum Gasteiger partial charge on any atom is 0.261 e. The number of anilines is 5. The van der Waals surface area contributed by atoms with Gasteiger partial charge in [-0.05, 0) is 97.1 Å². The maximum absolute atomic E-state index is 12.6. The summed E-state index contributed by atoms with van der Waals surface area (Å²) in [6.07, 6.45) is 0. The first kappa shape index (κ1) is 23.0. The maximum atomic E-state index is 12.6. The summed E-state index contributed by atoms with van der Waals surface area (Å²) in [6.45, 7) is 3.94. The van der Waals surface area contributed by atoms with E-state index >= 15 is 0 Å². The molecule has 0 saturated heterocycles. The van der Waals surface area contributed by atoms with E-state index in [4.69, 9.17) is 0 Å². The molecule has 7 nitrogen and oxygen atoms in total. The largest absolute Gasteiger partial charge is 0.340 e. The Balaban J connectivity index is 1.46. The van der Waals surface area contributed by atoms with Gasteiger partial charge >= 0.3 is 0 Å². The molecule has 0 atom stereocenters. The summed E-state index contributed by atoms with van der Waals surface area (Å²) >= 11 is 2.13. The highest BCUT2D eigenvalue weighted by molar-refractivity contribution is 14.1. The quantitative estimate of drug-likeness (QED) is 0.236. The van der Waals surface area contributed by atoms with Gasteiger partial charge in [0.2, 0.25) is 5.95 Å². The molecule has 0 aliphatic carbocycles. The lowest BCUT2D eigenvalue weighted by atomic mass is 10.2. The molecule has 3 aromatic carbocycles. The molecule has 1 aromatic heterocycles. The molecule has 0 spiro atoms. The first-order chi connectivity index (χ1) is 15.8. The monoisotopic (exact) mass is 571 g/mol. The minimum absolute atomic E-state index is 0.215. The third-order valence-corrected chi connectivity index (χ3v) is 6.81. The van der Waals surface area contributed by atoms with Gasteiger partial charge in [-0.15, -0.1) is 0 Å². The van der Waals surface area contributed by atoms with Crippen LogP contribution in [0.4, 0.5) is 28.8 Å². The van der Waals surface area contributed by atoms with Crippen molar-refractivity contribution in [3.8, 4) is 0 Å². The van der Waals surface area contributed by atoms with Crippen LogP contribution in [0, 0.1) is 17.4 Å². The number of sulfonamides is 1. The van der Waals surface area contributed by atoms with E-state index in [1.54, 1.807) is 48.5 Å². The van der Waals surface area contributed by atoms with Gasteiger partial charge in [0.05, 0.1) is 4.90 Å².